The van der Waals surface area contributed by atoms with Crippen LogP contribution in [0.4, 0.5) is 11.4 Å². The molecule has 0 aliphatic rings. The molecule has 2 aromatic carbocycles. The lowest BCUT2D eigenvalue weighted by Crippen LogP contribution is -2.15. The highest BCUT2D eigenvalue weighted by Crippen LogP contribution is 2.23. The minimum atomic E-state index is -0.214. The summed E-state index contributed by atoms with van der Waals surface area (Å²) in [6.45, 7) is 0. The quantitative estimate of drug-likeness (QED) is 0.702. The van der Waals surface area contributed by atoms with E-state index in [4.69, 9.17) is 17.3 Å². The number of nitrogens with two attached hydrogens (primary N) is 1. The Labute approximate surface area is 145 Å². The van der Waals surface area contributed by atoms with E-state index in [1.54, 1.807) is 54.9 Å². The lowest BCUT2D eigenvalue weighted by Gasteiger charge is -2.13. The molecule has 3 rings (SSSR count). The van der Waals surface area contributed by atoms with Gasteiger partial charge >= 0.3 is 0 Å². The van der Waals surface area contributed by atoms with Crippen LogP contribution in [0.25, 0.3) is 0 Å². The van der Waals surface area contributed by atoms with Gasteiger partial charge in [0.25, 0.3) is 5.91 Å². The fraction of sp³-hybridized carbons (Fsp3) is 0.0526. The second-order valence-corrected chi connectivity index (χ2v) is 5.81. The fourth-order valence-electron chi connectivity index (χ4n) is 2.48. The summed E-state index contributed by atoms with van der Waals surface area (Å²) >= 11 is 5.96. The zero-order valence-electron chi connectivity index (χ0n) is 12.9. The van der Waals surface area contributed by atoms with Gasteiger partial charge in [0.05, 0.1) is 0 Å². The first-order valence-electron chi connectivity index (χ1n) is 7.46. The second kappa shape index (κ2) is 7.15. The van der Waals surface area contributed by atoms with E-state index < -0.39 is 0 Å². The van der Waals surface area contributed by atoms with Gasteiger partial charge in [-0.05, 0) is 53.6 Å². The van der Waals surface area contributed by atoms with E-state index in [-0.39, 0.29) is 5.91 Å². The average Bonchev–Trinajstić information content (AvgIpc) is 2.57. The lowest BCUT2D eigenvalue weighted by atomic mass is 9.98. The van der Waals surface area contributed by atoms with Gasteiger partial charge in [-0.1, -0.05) is 23.7 Å². The van der Waals surface area contributed by atoms with Crippen LogP contribution in [0.5, 0.6) is 0 Å². The molecule has 0 atom stereocenters. The van der Waals surface area contributed by atoms with E-state index in [9.17, 15) is 4.79 Å². The smallest absolute Gasteiger partial charge is 0.256 e. The molecule has 3 aromatic rings. The fourth-order valence-corrected chi connectivity index (χ4v) is 2.67. The van der Waals surface area contributed by atoms with Crippen molar-refractivity contribution in [2.45, 2.75) is 6.42 Å². The summed E-state index contributed by atoms with van der Waals surface area (Å²) in [4.78, 5) is 16.7. The number of halogens is 1. The highest BCUT2D eigenvalue weighted by Gasteiger charge is 2.14. The minimum absolute atomic E-state index is 0.214. The third-order valence-corrected chi connectivity index (χ3v) is 3.90. The summed E-state index contributed by atoms with van der Waals surface area (Å²) in [5, 5.41) is 3.43. The number of benzene rings is 2. The number of hydrogen-bond donors (Lipinski definition) is 2. The van der Waals surface area contributed by atoms with Crippen molar-refractivity contribution >= 4 is 28.9 Å². The second-order valence-electron chi connectivity index (χ2n) is 5.37. The molecule has 1 amide bonds. The molecular formula is C19H16ClN3O. The molecule has 0 saturated heterocycles. The third-order valence-electron chi connectivity index (χ3n) is 3.67. The third kappa shape index (κ3) is 3.73. The minimum Gasteiger partial charge on any atom is -0.398 e. The zero-order chi connectivity index (χ0) is 16.9. The number of carbonyl (C=O) groups is 1. The van der Waals surface area contributed by atoms with Gasteiger partial charge in [0, 0.05) is 40.8 Å². The Morgan fingerprint density at radius 3 is 2.58 bits per heavy atom. The Kier molecular flexibility index (Phi) is 4.77. The highest BCUT2D eigenvalue weighted by molar-refractivity contribution is 6.31. The molecule has 0 spiro atoms. The van der Waals surface area contributed by atoms with Crippen molar-refractivity contribution < 1.29 is 4.79 Å². The molecule has 0 unspecified atom stereocenters. The van der Waals surface area contributed by atoms with Crippen LogP contribution in [0, 0.1) is 0 Å². The summed E-state index contributed by atoms with van der Waals surface area (Å²) < 4.78 is 0. The maximum absolute atomic E-state index is 12.7. The Balaban J connectivity index is 1.90. The molecule has 0 fully saturated rings. The maximum Gasteiger partial charge on any atom is 0.256 e. The van der Waals surface area contributed by atoms with E-state index in [1.165, 1.54) is 0 Å². The Hall–Kier alpha value is -2.85. The number of carbonyl (C=O) groups excluding carboxylic acids is 1. The van der Waals surface area contributed by atoms with Crippen molar-refractivity contribution in [1.29, 1.82) is 0 Å². The van der Waals surface area contributed by atoms with Crippen molar-refractivity contribution in [3.8, 4) is 0 Å². The van der Waals surface area contributed by atoms with Crippen LogP contribution in [-0.4, -0.2) is 10.9 Å². The monoisotopic (exact) mass is 337 g/mol. The number of rotatable bonds is 4. The molecule has 0 radical (unpaired) electrons. The molecule has 3 N–H and O–H groups in total. The van der Waals surface area contributed by atoms with Gasteiger partial charge in [-0.15, -0.1) is 0 Å². The maximum atomic E-state index is 12.7. The molecule has 24 heavy (non-hydrogen) atoms. The highest BCUT2D eigenvalue weighted by atomic mass is 35.5. The first kappa shape index (κ1) is 16.0. The zero-order valence-corrected chi connectivity index (χ0v) is 13.6. The molecule has 5 heteroatoms. The van der Waals surface area contributed by atoms with Crippen LogP contribution in [0.2, 0.25) is 5.02 Å². The molecule has 0 saturated carbocycles. The topological polar surface area (TPSA) is 68.0 Å². The van der Waals surface area contributed by atoms with E-state index in [0.717, 1.165) is 11.1 Å². The van der Waals surface area contributed by atoms with Crippen molar-refractivity contribution in [1.82, 2.24) is 4.98 Å². The van der Waals surface area contributed by atoms with Gasteiger partial charge in [0.2, 0.25) is 0 Å². The van der Waals surface area contributed by atoms with Gasteiger partial charge < -0.3 is 11.1 Å². The summed E-state index contributed by atoms with van der Waals surface area (Å²) in [5.74, 6) is -0.214. The number of pyridine rings is 1. The van der Waals surface area contributed by atoms with Crippen LogP contribution in [0.15, 0.2) is 67.0 Å². The lowest BCUT2D eigenvalue weighted by molar-refractivity contribution is 0.102. The Morgan fingerprint density at radius 1 is 1.08 bits per heavy atom. The first-order chi connectivity index (χ1) is 11.6. The van der Waals surface area contributed by atoms with Gasteiger partial charge in [-0.3, -0.25) is 9.78 Å². The summed E-state index contributed by atoms with van der Waals surface area (Å²) in [5.41, 5.74) is 9.72. The predicted molar refractivity (Wildman–Crippen MR) is 97.3 cm³/mol. The number of aromatic nitrogens is 1. The van der Waals surface area contributed by atoms with E-state index >= 15 is 0 Å². The van der Waals surface area contributed by atoms with Crippen molar-refractivity contribution in [2.24, 2.45) is 0 Å². The van der Waals surface area contributed by atoms with Crippen LogP contribution in [0.1, 0.15) is 21.5 Å². The number of nitrogen functional groups attached to an aromatic ring is 1. The molecule has 1 heterocycles. The SMILES string of the molecule is Nc1cccc(C(=O)Nc2cccc(Cl)c2)c1Cc1ccncc1. The number of nitrogens with one attached hydrogen (secondary N) is 1. The van der Waals surface area contributed by atoms with Crippen LogP contribution in [-0.2, 0) is 6.42 Å². The summed E-state index contributed by atoms with van der Waals surface area (Å²) in [7, 11) is 0. The molecule has 1 aromatic heterocycles. The Bertz CT molecular complexity index is 865. The van der Waals surface area contributed by atoms with Crippen molar-refractivity contribution in [3.63, 3.8) is 0 Å². The van der Waals surface area contributed by atoms with Gasteiger partial charge in [0.1, 0.15) is 0 Å². The predicted octanol–water partition coefficient (Wildman–Crippen LogP) is 4.16. The van der Waals surface area contributed by atoms with Crippen molar-refractivity contribution in [2.75, 3.05) is 11.1 Å². The molecule has 0 bridgehead atoms. The first-order valence-corrected chi connectivity index (χ1v) is 7.84. The van der Waals surface area contributed by atoms with Crippen LogP contribution in [0.3, 0.4) is 0 Å². The molecule has 0 aliphatic heterocycles. The van der Waals surface area contributed by atoms with Gasteiger partial charge in [-0.2, -0.15) is 0 Å². The summed E-state index contributed by atoms with van der Waals surface area (Å²) in [6.07, 6.45) is 4.01. The summed E-state index contributed by atoms with van der Waals surface area (Å²) in [6, 6.07) is 16.2. The van der Waals surface area contributed by atoms with Gasteiger partial charge in [0.15, 0.2) is 0 Å². The number of nitrogens with zero attached hydrogens (tertiary/aromatic N) is 1. The van der Waals surface area contributed by atoms with Gasteiger partial charge in [-0.25, -0.2) is 0 Å². The Morgan fingerprint density at radius 2 is 1.83 bits per heavy atom. The largest absolute Gasteiger partial charge is 0.398 e. The average molecular weight is 338 g/mol. The normalized spacial score (nSPS) is 10.4. The molecule has 120 valence electrons. The number of hydrogen-bond acceptors (Lipinski definition) is 3. The van der Waals surface area contributed by atoms with Crippen LogP contribution >= 0.6 is 11.6 Å². The van der Waals surface area contributed by atoms with Crippen LogP contribution < -0.4 is 11.1 Å². The number of amides is 1. The number of anilines is 2. The van der Waals surface area contributed by atoms with Crippen molar-refractivity contribution in [3.05, 3.63) is 88.7 Å². The van der Waals surface area contributed by atoms with E-state index in [1.807, 2.05) is 12.1 Å². The molecule has 4 nitrogen and oxygen atoms in total. The van der Waals surface area contributed by atoms with E-state index in [0.29, 0.717) is 28.4 Å². The standard InChI is InChI=1S/C19H16ClN3O/c20-14-3-1-4-15(12-14)23-19(24)16-5-2-6-18(21)17(16)11-13-7-9-22-10-8-13/h1-10,12H,11,21H2,(H,23,24). The van der Waals surface area contributed by atoms with E-state index in [2.05, 4.69) is 10.3 Å². The molecular weight excluding hydrogens is 322 g/mol. The molecule has 0 aliphatic carbocycles.